The lowest BCUT2D eigenvalue weighted by Crippen LogP contribution is -2.40. The molecule has 1 amide bonds. The number of carbonyl (C=O) groups is 1. The van der Waals surface area contributed by atoms with Crippen LogP contribution >= 0.6 is 15.9 Å². The highest BCUT2D eigenvalue weighted by Crippen LogP contribution is 2.16. The van der Waals surface area contributed by atoms with Crippen molar-refractivity contribution in [2.75, 3.05) is 13.1 Å². The molecule has 18 heavy (non-hydrogen) atoms. The Morgan fingerprint density at radius 1 is 1.50 bits per heavy atom. The van der Waals surface area contributed by atoms with Crippen LogP contribution in [0.25, 0.3) is 0 Å². The summed E-state index contributed by atoms with van der Waals surface area (Å²) in [7, 11) is 0. The molecule has 0 radical (unpaired) electrons. The quantitative estimate of drug-likeness (QED) is 0.833. The van der Waals surface area contributed by atoms with Gasteiger partial charge in [-0.1, -0.05) is 34.1 Å². The van der Waals surface area contributed by atoms with Crippen LogP contribution in [0.5, 0.6) is 0 Å². The first-order valence-corrected chi connectivity index (χ1v) is 6.93. The van der Waals surface area contributed by atoms with Crippen LogP contribution in [-0.4, -0.2) is 25.1 Å². The Morgan fingerprint density at radius 3 is 3.06 bits per heavy atom. The Labute approximate surface area is 115 Å². The first kappa shape index (κ1) is 13.5. The fourth-order valence-corrected chi connectivity index (χ4v) is 2.35. The van der Waals surface area contributed by atoms with Gasteiger partial charge in [-0.15, -0.1) is 0 Å². The Morgan fingerprint density at radius 2 is 2.33 bits per heavy atom. The van der Waals surface area contributed by atoms with E-state index in [1.54, 1.807) is 0 Å². The summed E-state index contributed by atoms with van der Waals surface area (Å²) < 4.78 is 0.944. The number of halogens is 1. The standard InChI is InChI=1S/C13H17BrN2O2/c14-12-6-2-1-4-10(12)8-13(17)16-18-11-5-3-7-15-9-11/h1-2,4,6,11,15H,3,5,7-9H2,(H,16,17). The topological polar surface area (TPSA) is 50.4 Å². The van der Waals surface area contributed by atoms with Gasteiger partial charge in [-0.2, -0.15) is 0 Å². The van der Waals surface area contributed by atoms with E-state index in [0.29, 0.717) is 6.42 Å². The summed E-state index contributed by atoms with van der Waals surface area (Å²) in [5.41, 5.74) is 3.49. The molecule has 5 heteroatoms. The highest BCUT2D eigenvalue weighted by atomic mass is 79.9. The first-order chi connectivity index (χ1) is 8.75. The third kappa shape index (κ3) is 4.08. The number of hydroxylamine groups is 1. The van der Waals surface area contributed by atoms with Crippen molar-refractivity contribution < 1.29 is 9.63 Å². The minimum absolute atomic E-state index is 0.0851. The Hall–Kier alpha value is -0.910. The van der Waals surface area contributed by atoms with Gasteiger partial charge in [0.2, 0.25) is 5.91 Å². The second-order valence-corrected chi connectivity index (χ2v) is 5.23. The van der Waals surface area contributed by atoms with Crippen LogP contribution < -0.4 is 10.8 Å². The van der Waals surface area contributed by atoms with E-state index in [9.17, 15) is 4.79 Å². The molecule has 1 atom stereocenters. The number of amides is 1. The molecule has 1 aliphatic heterocycles. The van der Waals surface area contributed by atoms with Crippen molar-refractivity contribution >= 4 is 21.8 Å². The molecule has 0 saturated carbocycles. The van der Waals surface area contributed by atoms with E-state index in [0.717, 1.165) is 36.0 Å². The number of carbonyl (C=O) groups excluding carboxylic acids is 1. The van der Waals surface area contributed by atoms with E-state index in [-0.39, 0.29) is 12.0 Å². The summed E-state index contributed by atoms with van der Waals surface area (Å²) in [6, 6.07) is 7.69. The predicted molar refractivity (Wildman–Crippen MR) is 73.0 cm³/mol. The molecule has 1 unspecified atom stereocenters. The maximum absolute atomic E-state index is 11.7. The van der Waals surface area contributed by atoms with Crippen LogP contribution in [0.4, 0.5) is 0 Å². The summed E-state index contributed by atoms with van der Waals surface area (Å²) in [6.45, 7) is 1.83. The van der Waals surface area contributed by atoms with Crippen molar-refractivity contribution in [3.05, 3.63) is 34.3 Å². The summed E-state index contributed by atoms with van der Waals surface area (Å²) >= 11 is 3.42. The first-order valence-electron chi connectivity index (χ1n) is 6.14. The van der Waals surface area contributed by atoms with E-state index in [2.05, 4.69) is 26.7 Å². The van der Waals surface area contributed by atoms with Gasteiger partial charge in [0.15, 0.2) is 0 Å². The van der Waals surface area contributed by atoms with Gasteiger partial charge in [0.1, 0.15) is 0 Å². The molecule has 0 aliphatic carbocycles. The zero-order valence-electron chi connectivity index (χ0n) is 10.1. The lowest BCUT2D eigenvalue weighted by atomic mass is 10.1. The number of rotatable bonds is 4. The monoisotopic (exact) mass is 312 g/mol. The van der Waals surface area contributed by atoms with Gasteiger partial charge < -0.3 is 5.32 Å². The van der Waals surface area contributed by atoms with E-state index in [1.807, 2.05) is 24.3 Å². The Kier molecular flexibility index (Phi) is 5.16. The van der Waals surface area contributed by atoms with Gasteiger partial charge in [0.25, 0.3) is 0 Å². The van der Waals surface area contributed by atoms with E-state index in [4.69, 9.17) is 4.84 Å². The highest BCUT2D eigenvalue weighted by molar-refractivity contribution is 9.10. The van der Waals surface area contributed by atoms with Crippen molar-refractivity contribution in [1.29, 1.82) is 0 Å². The average molecular weight is 313 g/mol. The minimum atomic E-state index is -0.118. The van der Waals surface area contributed by atoms with Crippen LogP contribution in [0.1, 0.15) is 18.4 Å². The van der Waals surface area contributed by atoms with Crippen molar-refractivity contribution in [3.63, 3.8) is 0 Å². The number of benzene rings is 1. The molecule has 2 rings (SSSR count). The molecular formula is C13H17BrN2O2. The SMILES string of the molecule is O=C(Cc1ccccc1Br)NOC1CCCNC1. The smallest absolute Gasteiger partial charge is 0.248 e. The molecule has 1 aromatic rings. The van der Waals surface area contributed by atoms with Gasteiger partial charge in [-0.3, -0.25) is 9.63 Å². The number of hydrogen-bond donors (Lipinski definition) is 2. The lowest BCUT2D eigenvalue weighted by Gasteiger charge is -2.22. The molecule has 1 saturated heterocycles. The fourth-order valence-electron chi connectivity index (χ4n) is 1.92. The molecule has 1 fully saturated rings. The minimum Gasteiger partial charge on any atom is -0.314 e. The molecule has 0 spiro atoms. The fraction of sp³-hybridized carbons (Fsp3) is 0.462. The summed E-state index contributed by atoms with van der Waals surface area (Å²) in [6.07, 6.45) is 2.48. The zero-order valence-corrected chi connectivity index (χ0v) is 11.7. The third-order valence-electron chi connectivity index (χ3n) is 2.90. The summed E-state index contributed by atoms with van der Waals surface area (Å²) in [5.74, 6) is -0.118. The van der Waals surface area contributed by atoms with Crippen LogP contribution in [0, 0.1) is 0 Å². The van der Waals surface area contributed by atoms with Crippen molar-refractivity contribution in [3.8, 4) is 0 Å². The molecular weight excluding hydrogens is 296 g/mol. The van der Waals surface area contributed by atoms with E-state index >= 15 is 0 Å². The molecule has 0 aromatic heterocycles. The van der Waals surface area contributed by atoms with E-state index in [1.165, 1.54) is 0 Å². The molecule has 1 aromatic carbocycles. The highest BCUT2D eigenvalue weighted by Gasteiger charge is 2.15. The number of nitrogens with one attached hydrogen (secondary N) is 2. The Balaban J connectivity index is 1.76. The molecule has 1 aliphatic rings. The molecule has 2 N–H and O–H groups in total. The van der Waals surface area contributed by atoms with Crippen molar-refractivity contribution in [2.45, 2.75) is 25.4 Å². The van der Waals surface area contributed by atoms with Crippen molar-refractivity contribution in [2.24, 2.45) is 0 Å². The van der Waals surface area contributed by atoms with Gasteiger partial charge in [-0.05, 0) is 31.0 Å². The normalized spacial score (nSPS) is 19.5. The summed E-state index contributed by atoms with van der Waals surface area (Å²) in [5, 5.41) is 3.23. The second-order valence-electron chi connectivity index (χ2n) is 4.38. The molecule has 0 bridgehead atoms. The number of hydrogen-bond acceptors (Lipinski definition) is 3. The maximum Gasteiger partial charge on any atom is 0.248 e. The van der Waals surface area contributed by atoms with Crippen molar-refractivity contribution in [1.82, 2.24) is 10.8 Å². The van der Waals surface area contributed by atoms with E-state index < -0.39 is 0 Å². The van der Waals surface area contributed by atoms with Gasteiger partial charge in [0, 0.05) is 11.0 Å². The van der Waals surface area contributed by atoms with Crippen LogP contribution in [0.2, 0.25) is 0 Å². The molecule has 98 valence electrons. The van der Waals surface area contributed by atoms with Gasteiger partial charge in [0.05, 0.1) is 12.5 Å². The Bertz CT molecular complexity index is 406. The van der Waals surface area contributed by atoms with Crippen LogP contribution in [0.15, 0.2) is 28.7 Å². The average Bonchev–Trinajstić information content (AvgIpc) is 2.40. The van der Waals surface area contributed by atoms with Gasteiger partial charge >= 0.3 is 0 Å². The van der Waals surface area contributed by atoms with Crippen LogP contribution in [0.3, 0.4) is 0 Å². The predicted octanol–water partition coefficient (Wildman–Crippen LogP) is 1.79. The number of piperidine rings is 1. The largest absolute Gasteiger partial charge is 0.314 e. The summed E-state index contributed by atoms with van der Waals surface area (Å²) in [4.78, 5) is 17.1. The third-order valence-corrected chi connectivity index (χ3v) is 3.67. The lowest BCUT2D eigenvalue weighted by molar-refractivity contribution is -0.138. The van der Waals surface area contributed by atoms with Gasteiger partial charge in [-0.25, -0.2) is 5.48 Å². The maximum atomic E-state index is 11.7. The molecule has 4 nitrogen and oxygen atoms in total. The van der Waals surface area contributed by atoms with Crippen LogP contribution in [-0.2, 0) is 16.1 Å². The molecule has 1 heterocycles. The zero-order chi connectivity index (χ0) is 12.8. The second kappa shape index (κ2) is 6.87.